The van der Waals surface area contributed by atoms with E-state index in [2.05, 4.69) is 0 Å². The van der Waals surface area contributed by atoms with Gasteiger partial charge in [0.25, 0.3) is 0 Å². The Balaban J connectivity index is -0.0000000328. The first-order valence-electron chi connectivity index (χ1n) is 5.44. The Bertz CT molecular complexity index is 335. The molecule has 0 aromatic heterocycles. The van der Waals surface area contributed by atoms with E-state index in [9.17, 15) is 39.6 Å². The maximum absolute atomic E-state index is 10.4. The molecule has 0 aliphatic carbocycles. The first kappa shape index (κ1) is 77.9. The number of carboxylic acids is 4. The predicted octanol–water partition coefficient (Wildman–Crippen LogP) is -15.6. The largest absolute Gasteiger partial charge is 2.00 e. The molecule has 0 bridgehead atoms. The van der Waals surface area contributed by atoms with Gasteiger partial charge in [-0.3, -0.25) is 9.80 Å². The summed E-state index contributed by atoms with van der Waals surface area (Å²) in [4.78, 5) is 43.4. The molecule has 0 rings (SSSR count). The summed E-state index contributed by atoms with van der Waals surface area (Å²) in [5, 5.41) is 41.6. The molecule has 0 saturated carbocycles. The van der Waals surface area contributed by atoms with E-state index < -0.39 is 50.1 Å². The third kappa shape index (κ3) is 52.8. The number of carbonyl (C=O) groups excluding carboxylic acids is 4. The normalized spacial score (nSPS) is 6.90. The molecule has 0 aromatic carbocycles. The van der Waals surface area contributed by atoms with E-state index in [0.29, 0.717) is 0 Å². The van der Waals surface area contributed by atoms with Crippen molar-refractivity contribution >= 4 is 70.0 Å². The number of aliphatic carboxylic acids is 4. The molecule has 0 aliphatic heterocycles. The number of nitrogens with zero attached hydrogens (tertiary/aromatic N) is 2. The monoisotopic (exact) mass is 498 g/mol. The summed E-state index contributed by atoms with van der Waals surface area (Å²) < 4.78 is 0. The summed E-state index contributed by atoms with van der Waals surface area (Å²) in [5.41, 5.74) is 0. The van der Waals surface area contributed by atoms with Crippen LogP contribution in [0, 0.1) is 0 Å². The van der Waals surface area contributed by atoms with E-state index in [4.69, 9.17) is 0 Å². The van der Waals surface area contributed by atoms with Crippen molar-refractivity contribution in [3.8, 4) is 0 Å². The molecule has 31 heavy (non-hydrogen) atoms. The molecule has 0 aromatic rings. The number of hydrogen-bond donors (Lipinski definition) is 0. The topological polar surface area (TPSA) is 450 Å². The summed E-state index contributed by atoms with van der Waals surface area (Å²) in [6, 6.07) is 0. The van der Waals surface area contributed by atoms with Crippen LogP contribution in [0.4, 0.5) is 0 Å². The fourth-order valence-corrected chi connectivity index (χ4v) is 1.44. The van der Waals surface area contributed by atoms with Crippen LogP contribution in [0.3, 0.4) is 0 Å². The quantitative estimate of drug-likeness (QED) is 0.241. The van der Waals surface area contributed by atoms with Crippen molar-refractivity contribution in [3.05, 3.63) is 0 Å². The van der Waals surface area contributed by atoms with Gasteiger partial charge < -0.3 is 88.9 Å². The van der Waals surface area contributed by atoms with Crippen LogP contribution in [0.15, 0.2) is 0 Å². The molecule has 186 valence electrons. The summed E-state index contributed by atoms with van der Waals surface area (Å²) in [6.07, 6.45) is 0. The van der Waals surface area contributed by atoms with Crippen molar-refractivity contribution in [3.63, 3.8) is 0 Å². The fourth-order valence-electron chi connectivity index (χ4n) is 1.44. The SMILES string of the molecule is O.O.O.O.O.O.O.O.O.O=C([O-])CN(CCN(CC(=O)[O-])CC(=O)[O-])CC(=O)[O-].[Mg+2].[Mg+2]. The van der Waals surface area contributed by atoms with E-state index in [1.54, 1.807) is 0 Å². The molecule has 19 nitrogen and oxygen atoms in total. The summed E-state index contributed by atoms with van der Waals surface area (Å²) in [5.74, 6) is -6.12. The molecule has 0 spiro atoms. The van der Waals surface area contributed by atoms with Crippen LogP contribution in [0.25, 0.3) is 0 Å². The van der Waals surface area contributed by atoms with E-state index in [-0.39, 0.29) is 108 Å². The third-order valence-corrected chi connectivity index (χ3v) is 2.14. The zero-order valence-electron chi connectivity index (χ0n) is 16.3. The number of hydrogen-bond acceptors (Lipinski definition) is 10. The molecule has 0 atom stereocenters. The average molecular weight is 499 g/mol. The van der Waals surface area contributed by atoms with Crippen LogP contribution in [0.2, 0.25) is 0 Å². The Morgan fingerprint density at radius 3 is 0.645 bits per heavy atom. The fraction of sp³-hybridized carbons (Fsp3) is 0.600. The van der Waals surface area contributed by atoms with Crippen molar-refractivity contribution in [1.82, 2.24) is 9.80 Å². The number of carboxylic acid groups (broad SMARTS) is 4. The van der Waals surface area contributed by atoms with Crippen LogP contribution in [-0.4, -0.2) is 168 Å². The summed E-state index contributed by atoms with van der Waals surface area (Å²) in [6.45, 7) is -3.25. The van der Waals surface area contributed by atoms with Crippen molar-refractivity contribution in [2.24, 2.45) is 0 Å². The minimum atomic E-state index is -1.53. The van der Waals surface area contributed by atoms with Crippen LogP contribution >= 0.6 is 0 Å². The second-order valence-electron chi connectivity index (χ2n) is 3.91. The molecular formula is C10H30Mg2N2O17. The van der Waals surface area contributed by atoms with Gasteiger partial charge in [0.15, 0.2) is 0 Å². The van der Waals surface area contributed by atoms with E-state index in [1.807, 2.05) is 0 Å². The zero-order chi connectivity index (χ0) is 15.7. The Hall–Kier alpha value is -1.03. The molecule has 0 radical (unpaired) electrons. The third-order valence-electron chi connectivity index (χ3n) is 2.14. The van der Waals surface area contributed by atoms with Gasteiger partial charge in [0.1, 0.15) is 0 Å². The smallest absolute Gasteiger partial charge is 0.549 e. The molecule has 0 unspecified atom stereocenters. The maximum atomic E-state index is 10.4. The van der Waals surface area contributed by atoms with Crippen LogP contribution in [0.5, 0.6) is 0 Å². The standard InChI is InChI=1S/C10H16N2O8.2Mg.9H2O/c13-7(14)3-11(4-8(15)16)1-2-12(5-9(17)18)6-10(19)20;;;;;;;;;;;/h1-6H2,(H,13,14)(H,15,16)(H,17,18)(H,19,20);;;9*1H2/q;2*+2;;;;;;;;;/p-4. The first-order valence-corrected chi connectivity index (χ1v) is 5.44. The second kappa shape index (κ2) is 43.0. The zero-order valence-corrected chi connectivity index (χ0v) is 19.1. The van der Waals surface area contributed by atoms with Gasteiger partial charge in [-0.2, -0.15) is 0 Å². The molecule has 0 fully saturated rings. The average Bonchev–Trinajstić information content (AvgIpc) is 2.22. The van der Waals surface area contributed by atoms with Gasteiger partial charge in [-0.05, 0) is 0 Å². The minimum Gasteiger partial charge on any atom is -0.549 e. The predicted molar refractivity (Wildman–Crippen MR) is 96.9 cm³/mol. The molecular weight excluding hydrogens is 469 g/mol. The second-order valence-corrected chi connectivity index (χ2v) is 3.91. The van der Waals surface area contributed by atoms with Gasteiger partial charge in [0, 0.05) is 39.3 Å². The molecule has 21 heteroatoms. The molecule has 0 heterocycles. The van der Waals surface area contributed by atoms with E-state index >= 15 is 0 Å². The van der Waals surface area contributed by atoms with Crippen molar-refractivity contribution in [1.29, 1.82) is 0 Å². The van der Waals surface area contributed by atoms with E-state index in [1.165, 1.54) is 0 Å². The Kier molecular flexibility index (Phi) is 108. The Morgan fingerprint density at radius 2 is 0.548 bits per heavy atom. The Morgan fingerprint density at radius 1 is 0.419 bits per heavy atom. The van der Waals surface area contributed by atoms with Crippen LogP contribution in [0.1, 0.15) is 0 Å². The van der Waals surface area contributed by atoms with Gasteiger partial charge in [-0.25, -0.2) is 0 Å². The maximum Gasteiger partial charge on any atom is 2.00 e. The van der Waals surface area contributed by atoms with Crippen molar-refractivity contribution < 1.29 is 88.9 Å². The summed E-state index contributed by atoms with van der Waals surface area (Å²) >= 11 is 0. The number of rotatable bonds is 11. The van der Waals surface area contributed by atoms with Gasteiger partial charge in [0.2, 0.25) is 0 Å². The van der Waals surface area contributed by atoms with E-state index in [0.717, 1.165) is 9.80 Å². The number of carbonyl (C=O) groups is 4. The first-order chi connectivity index (χ1) is 9.20. The van der Waals surface area contributed by atoms with Crippen molar-refractivity contribution in [2.75, 3.05) is 39.3 Å². The molecule has 0 saturated heterocycles. The van der Waals surface area contributed by atoms with Gasteiger partial charge >= 0.3 is 46.1 Å². The summed E-state index contributed by atoms with van der Waals surface area (Å²) in [7, 11) is 0. The molecule has 0 amide bonds. The van der Waals surface area contributed by atoms with Gasteiger partial charge in [0.05, 0.1) is 23.9 Å². The van der Waals surface area contributed by atoms with Gasteiger partial charge in [-0.15, -0.1) is 0 Å². The van der Waals surface area contributed by atoms with Crippen LogP contribution < -0.4 is 20.4 Å². The van der Waals surface area contributed by atoms with Crippen molar-refractivity contribution in [2.45, 2.75) is 0 Å². The van der Waals surface area contributed by atoms with Gasteiger partial charge in [-0.1, -0.05) is 0 Å². The molecule has 18 N–H and O–H groups in total. The van der Waals surface area contributed by atoms with Crippen LogP contribution in [-0.2, 0) is 19.2 Å². The Labute approximate surface area is 207 Å². The minimum absolute atomic E-state index is 0. The molecule has 0 aliphatic rings.